The van der Waals surface area contributed by atoms with E-state index in [1.807, 2.05) is 0 Å². The quantitative estimate of drug-likeness (QED) is 0.835. The third-order valence-electron chi connectivity index (χ3n) is 5.87. The van der Waals surface area contributed by atoms with Crippen molar-refractivity contribution in [2.45, 2.75) is 76.0 Å². The van der Waals surface area contributed by atoms with Crippen molar-refractivity contribution in [3.8, 4) is 0 Å². The summed E-state index contributed by atoms with van der Waals surface area (Å²) in [5, 5.41) is 0. The first-order chi connectivity index (χ1) is 9.25. The Morgan fingerprint density at radius 3 is 2.79 bits per heavy atom. The first kappa shape index (κ1) is 13.8. The molecule has 0 spiro atoms. The van der Waals surface area contributed by atoms with Crippen molar-refractivity contribution in [2.75, 3.05) is 19.7 Å². The lowest BCUT2D eigenvalue weighted by molar-refractivity contribution is -0.102. The van der Waals surface area contributed by atoms with E-state index < -0.39 is 0 Å². The van der Waals surface area contributed by atoms with Gasteiger partial charge in [0.1, 0.15) is 0 Å². The molecule has 3 aliphatic rings. The molecule has 0 aromatic rings. The van der Waals surface area contributed by atoms with E-state index in [2.05, 4.69) is 11.8 Å². The Kier molecular flexibility index (Phi) is 4.16. The zero-order chi connectivity index (χ0) is 13.3. The molecule has 2 N–H and O–H groups in total. The number of ether oxygens (including phenoxy) is 1. The van der Waals surface area contributed by atoms with Gasteiger partial charge in [-0.15, -0.1) is 0 Å². The van der Waals surface area contributed by atoms with Crippen molar-refractivity contribution < 1.29 is 4.74 Å². The summed E-state index contributed by atoms with van der Waals surface area (Å²) in [5.41, 5.74) is 6.49. The van der Waals surface area contributed by atoms with Crippen LogP contribution in [-0.4, -0.2) is 42.3 Å². The fraction of sp³-hybridized carbons (Fsp3) is 1.00. The predicted molar refractivity (Wildman–Crippen MR) is 78.1 cm³/mol. The molecule has 0 aromatic carbocycles. The number of likely N-dealkylation sites (tertiary alicyclic amines) is 1. The molecule has 2 aliphatic heterocycles. The Hall–Kier alpha value is -0.120. The average molecular weight is 266 g/mol. The van der Waals surface area contributed by atoms with Gasteiger partial charge in [-0.25, -0.2) is 0 Å². The minimum Gasteiger partial charge on any atom is -0.378 e. The highest BCUT2D eigenvalue weighted by Gasteiger charge is 2.46. The Bertz CT molecular complexity index is 307. The lowest BCUT2D eigenvalue weighted by Crippen LogP contribution is -2.64. The summed E-state index contributed by atoms with van der Waals surface area (Å²) in [7, 11) is 0. The van der Waals surface area contributed by atoms with Crippen molar-refractivity contribution in [3.05, 3.63) is 0 Å². The van der Waals surface area contributed by atoms with Crippen molar-refractivity contribution in [3.63, 3.8) is 0 Å². The summed E-state index contributed by atoms with van der Waals surface area (Å²) in [6.45, 7) is 5.19. The first-order valence-electron chi connectivity index (χ1n) is 8.33. The number of fused-ring (bicyclic) bond motifs is 1. The largest absolute Gasteiger partial charge is 0.378 e. The van der Waals surface area contributed by atoms with Crippen LogP contribution in [-0.2, 0) is 4.74 Å². The lowest BCUT2D eigenvalue weighted by atomic mass is 9.74. The van der Waals surface area contributed by atoms with E-state index in [0.29, 0.717) is 6.10 Å². The standard InChI is InChI=1S/C16H30N2O/c1-13-11-16(12-17,8-10-19-13)18-9-4-6-14-5-2-3-7-15(14)18/h13-15H,2-12,17H2,1H3/t13?,14-,15-,16?/m1/s1. The van der Waals surface area contributed by atoms with Crippen LogP contribution < -0.4 is 5.73 Å². The molecule has 2 saturated heterocycles. The van der Waals surface area contributed by atoms with Crippen LogP contribution in [0, 0.1) is 5.92 Å². The number of piperidine rings is 1. The summed E-state index contributed by atoms with van der Waals surface area (Å²) in [4.78, 5) is 2.83. The highest BCUT2D eigenvalue weighted by Crippen LogP contribution is 2.42. The molecule has 1 aliphatic carbocycles. The van der Waals surface area contributed by atoms with Gasteiger partial charge in [0.2, 0.25) is 0 Å². The molecule has 0 aromatic heterocycles. The fourth-order valence-corrected chi connectivity index (χ4v) is 4.92. The van der Waals surface area contributed by atoms with E-state index >= 15 is 0 Å². The summed E-state index contributed by atoms with van der Waals surface area (Å²) >= 11 is 0. The van der Waals surface area contributed by atoms with Gasteiger partial charge in [-0.05, 0) is 57.9 Å². The number of rotatable bonds is 2. The van der Waals surface area contributed by atoms with E-state index in [1.165, 1.54) is 45.1 Å². The molecule has 0 amide bonds. The van der Waals surface area contributed by atoms with Gasteiger partial charge in [-0.1, -0.05) is 12.8 Å². The molecule has 3 heteroatoms. The first-order valence-corrected chi connectivity index (χ1v) is 8.33. The topological polar surface area (TPSA) is 38.5 Å². The van der Waals surface area contributed by atoms with Crippen molar-refractivity contribution in [1.29, 1.82) is 0 Å². The molecule has 3 fully saturated rings. The molecular formula is C16H30N2O. The molecule has 3 nitrogen and oxygen atoms in total. The monoisotopic (exact) mass is 266 g/mol. The zero-order valence-corrected chi connectivity index (χ0v) is 12.4. The van der Waals surface area contributed by atoms with Gasteiger partial charge in [-0.3, -0.25) is 4.90 Å². The molecule has 0 radical (unpaired) electrons. The SMILES string of the molecule is CC1CC(CN)(N2CCC[C@H]3CCCC[C@H]32)CCO1. The average Bonchev–Trinajstić information content (AvgIpc) is 2.46. The molecule has 2 unspecified atom stereocenters. The van der Waals surface area contributed by atoms with Crippen molar-refractivity contribution in [2.24, 2.45) is 11.7 Å². The van der Waals surface area contributed by atoms with Crippen LogP contribution >= 0.6 is 0 Å². The van der Waals surface area contributed by atoms with Crippen molar-refractivity contribution >= 4 is 0 Å². The summed E-state index contributed by atoms with van der Waals surface area (Å²) in [6.07, 6.45) is 11.2. The van der Waals surface area contributed by atoms with Gasteiger partial charge >= 0.3 is 0 Å². The number of hydrogen-bond donors (Lipinski definition) is 1. The fourth-order valence-electron chi connectivity index (χ4n) is 4.92. The molecule has 19 heavy (non-hydrogen) atoms. The van der Waals surface area contributed by atoms with E-state index in [9.17, 15) is 0 Å². The van der Waals surface area contributed by atoms with Gasteiger partial charge < -0.3 is 10.5 Å². The Morgan fingerprint density at radius 2 is 2.00 bits per heavy atom. The minimum absolute atomic E-state index is 0.234. The predicted octanol–water partition coefficient (Wildman–Crippen LogP) is 2.54. The summed E-state index contributed by atoms with van der Waals surface area (Å²) in [6, 6.07) is 0.816. The van der Waals surface area contributed by atoms with Crippen LogP contribution in [0.3, 0.4) is 0 Å². The Labute approximate surface area is 117 Å². The van der Waals surface area contributed by atoms with Crippen LogP contribution in [0.1, 0.15) is 58.3 Å². The summed E-state index contributed by atoms with van der Waals surface area (Å²) in [5.74, 6) is 0.948. The van der Waals surface area contributed by atoms with Crippen LogP contribution in [0.5, 0.6) is 0 Å². The molecule has 0 bridgehead atoms. The molecule has 1 saturated carbocycles. The van der Waals surface area contributed by atoms with Gasteiger partial charge in [0.05, 0.1) is 6.10 Å². The molecular weight excluding hydrogens is 236 g/mol. The third kappa shape index (κ3) is 2.57. The van der Waals surface area contributed by atoms with Crippen LogP contribution in [0.25, 0.3) is 0 Å². The molecule has 4 atom stereocenters. The maximum Gasteiger partial charge on any atom is 0.0565 e. The minimum atomic E-state index is 0.234. The smallest absolute Gasteiger partial charge is 0.0565 e. The maximum absolute atomic E-state index is 6.26. The Balaban J connectivity index is 1.80. The molecule has 3 rings (SSSR count). The van der Waals surface area contributed by atoms with E-state index in [4.69, 9.17) is 10.5 Å². The van der Waals surface area contributed by atoms with Crippen LogP contribution in [0.4, 0.5) is 0 Å². The van der Waals surface area contributed by atoms with E-state index in [0.717, 1.165) is 38.0 Å². The number of hydrogen-bond acceptors (Lipinski definition) is 3. The normalized spacial score (nSPS) is 44.8. The van der Waals surface area contributed by atoms with Gasteiger partial charge in [0.15, 0.2) is 0 Å². The van der Waals surface area contributed by atoms with Crippen LogP contribution in [0.2, 0.25) is 0 Å². The van der Waals surface area contributed by atoms with Gasteiger partial charge in [-0.2, -0.15) is 0 Å². The third-order valence-corrected chi connectivity index (χ3v) is 5.87. The second-order valence-electron chi connectivity index (χ2n) is 7.01. The second kappa shape index (κ2) is 5.71. The molecule has 110 valence electrons. The van der Waals surface area contributed by atoms with Gasteiger partial charge in [0, 0.05) is 24.7 Å². The second-order valence-corrected chi connectivity index (χ2v) is 7.01. The Morgan fingerprint density at radius 1 is 1.21 bits per heavy atom. The molecule has 2 heterocycles. The number of nitrogens with zero attached hydrogens (tertiary/aromatic N) is 1. The van der Waals surface area contributed by atoms with E-state index in [-0.39, 0.29) is 5.54 Å². The summed E-state index contributed by atoms with van der Waals surface area (Å²) < 4.78 is 5.78. The van der Waals surface area contributed by atoms with Gasteiger partial charge in [0.25, 0.3) is 0 Å². The van der Waals surface area contributed by atoms with E-state index in [1.54, 1.807) is 0 Å². The lowest BCUT2D eigenvalue weighted by Gasteiger charge is -2.55. The zero-order valence-electron chi connectivity index (χ0n) is 12.4. The highest BCUT2D eigenvalue weighted by atomic mass is 16.5. The number of nitrogens with two attached hydrogens (primary N) is 1. The maximum atomic E-state index is 6.26. The highest BCUT2D eigenvalue weighted by molar-refractivity contribution is 5.01. The van der Waals surface area contributed by atoms with Crippen molar-refractivity contribution in [1.82, 2.24) is 4.90 Å². The van der Waals surface area contributed by atoms with Crippen LogP contribution in [0.15, 0.2) is 0 Å².